The quantitative estimate of drug-likeness (QED) is 0.891. The van der Waals surface area contributed by atoms with Gasteiger partial charge < -0.3 is 10.4 Å². The van der Waals surface area contributed by atoms with E-state index in [0.29, 0.717) is 12.6 Å². The maximum Gasteiger partial charge on any atom is 0.417 e. The van der Waals surface area contributed by atoms with E-state index in [1.807, 2.05) is 13.8 Å². The van der Waals surface area contributed by atoms with Crippen molar-refractivity contribution in [3.8, 4) is 0 Å². The van der Waals surface area contributed by atoms with Crippen LogP contribution in [0.4, 0.5) is 18.9 Å². The predicted molar refractivity (Wildman–Crippen MR) is 65.8 cm³/mol. The van der Waals surface area contributed by atoms with E-state index < -0.39 is 24.1 Å². The van der Waals surface area contributed by atoms with Crippen LogP contribution in [0.1, 0.15) is 24.5 Å². The Bertz CT molecular complexity index is 481. The van der Waals surface area contributed by atoms with E-state index in [2.05, 4.69) is 5.32 Å². The van der Waals surface area contributed by atoms with Crippen LogP contribution >= 0.6 is 0 Å². The lowest BCUT2D eigenvalue weighted by molar-refractivity contribution is -0.252. The normalized spacial score (nSPS) is 14.9. The van der Waals surface area contributed by atoms with Crippen LogP contribution in [0.2, 0.25) is 0 Å². The molecule has 0 aliphatic rings. The summed E-state index contributed by atoms with van der Waals surface area (Å²) in [5.74, 6) is -0.884. The number of amides is 1. The van der Waals surface area contributed by atoms with Crippen molar-refractivity contribution in [2.75, 3.05) is 5.32 Å². The predicted octanol–water partition coefficient (Wildman–Crippen LogP) is 2.95. The van der Waals surface area contributed by atoms with Gasteiger partial charge in [-0.1, -0.05) is 6.07 Å². The number of alkyl halides is 3. The topological polar surface area (TPSA) is 49.3 Å². The van der Waals surface area contributed by atoms with Crippen molar-refractivity contribution in [2.45, 2.75) is 39.0 Å². The van der Waals surface area contributed by atoms with E-state index >= 15 is 0 Å². The highest BCUT2D eigenvalue weighted by atomic mass is 19.4. The van der Waals surface area contributed by atoms with Crippen molar-refractivity contribution >= 4 is 11.6 Å². The molecule has 0 saturated heterocycles. The summed E-state index contributed by atoms with van der Waals surface area (Å²) >= 11 is 0. The lowest BCUT2D eigenvalue weighted by Crippen LogP contribution is -2.44. The molecule has 0 radical (unpaired) electrons. The van der Waals surface area contributed by atoms with E-state index in [1.54, 1.807) is 18.2 Å². The standard InChI is InChI=1S/C13H16F3NO2/c1-8-4-5-10(6-9(8)2)17-11(18)7-12(3,19)13(14,15)16/h4-6,19H,7H2,1-3H3,(H,17,18)/t12-/m0/s1. The molecule has 0 unspecified atom stereocenters. The number of nitrogens with one attached hydrogen (secondary N) is 1. The molecule has 2 N–H and O–H groups in total. The second kappa shape index (κ2) is 5.21. The Hall–Kier alpha value is -1.56. The van der Waals surface area contributed by atoms with Gasteiger partial charge in [-0.15, -0.1) is 0 Å². The molecule has 6 heteroatoms. The Morgan fingerprint density at radius 2 is 1.84 bits per heavy atom. The van der Waals surface area contributed by atoms with Crippen molar-refractivity contribution in [1.82, 2.24) is 0 Å². The molecule has 106 valence electrons. The van der Waals surface area contributed by atoms with Crippen molar-refractivity contribution in [2.24, 2.45) is 0 Å². The van der Waals surface area contributed by atoms with Crippen LogP contribution in [-0.2, 0) is 4.79 Å². The van der Waals surface area contributed by atoms with Gasteiger partial charge in [-0.2, -0.15) is 13.2 Å². The molecule has 0 spiro atoms. The van der Waals surface area contributed by atoms with E-state index in [1.165, 1.54) is 0 Å². The van der Waals surface area contributed by atoms with Crippen LogP contribution in [0.5, 0.6) is 0 Å². The van der Waals surface area contributed by atoms with Crippen LogP contribution < -0.4 is 5.32 Å². The molecule has 1 amide bonds. The number of anilines is 1. The molecule has 3 nitrogen and oxygen atoms in total. The second-order valence-corrected chi connectivity index (χ2v) is 4.80. The molecule has 0 saturated carbocycles. The number of halogens is 3. The summed E-state index contributed by atoms with van der Waals surface area (Å²) in [6.45, 7) is 4.29. The van der Waals surface area contributed by atoms with Gasteiger partial charge in [-0.05, 0) is 44.0 Å². The average Bonchev–Trinajstić information content (AvgIpc) is 2.21. The zero-order chi connectivity index (χ0) is 14.8. The summed E-state index contributed by atoms with van der Waals surface area (Å²) in [7, 11) is 0. The first-order valence-corrected chi connectivity index (χ1v) is 5.69. The van der Waals surface area contributed by atoms with E-state index in [0.717, 1.165) is 11.1 Å². The van der Waals surface area contributed by atoms with Gasteiger partial charge in [-0.25, -0.2) is 0 Å². The van der Waals surface area contributed by atoms with Gasteiger partial charge in [-0.3, -0.25) is 4.79 Å². The maximum absolute atomic E-state index is 12.4. The van der Waals surface area contributed by atoms with Crippen LogP contribution in [0.25, 0.3) is 0 Å². The van der Waals surface area contributed by atoms with Crippen molar-refractivity contribution in [3.05, 3.63) is 29.3 Å². The maximum atomic E-state index is 12.4. The minimum atomic E-state index is -4.84. The Labute approximate surface area is 109 Å². The van der Waals surface area contributed by atoms with Crippen LogP contribution in [0, 0.1) is 13.8 Å². The highest BCUT2D eigenvalue weighted by molar-refractivity contribution is 5.91. The molecule has 0 aliphatic heterocycles. The largest absolute Gasteiger partial charge is 0.417 e. The summed E-state index contributed by atoms with van der Waals surface area (Å²) in [6.07, 6.45) is -5.88. The summed E-state index contributed by atoms with van der Waals surface area (Å²) in [5, 5.41) is 11.6. The number of hydrogen-bond donors (Lipinski definition) is 2. The number of rotatable bonds is 3. The zero-order valence-electron chi connectivity index (χ0n) is 10.9. The fourth-order valence-electron chi connectivity index (χ4n) is 1.44. The summed E-state index contributed by atoms with van der Waals surface area (Å²) < 4.78 is 37.3. The first-order valence-electron chi connectivity index (χ1n) is 5.69. The molecule has 0 bridgehead atoms. The van der Waals surface area contributed by atoms with Gasteiger partial charge in [0.1, 0.15) is 0 Å². The van der Waals surface area contributed by atoms with E-state index in [4.69, 9.17) is 0 Å². The van der Waals surface area contributed by atoms with Crippen molar-refractivity contribution in [1.29, 1.82) is 0 Å². The van der Waals surface area contributed by atoms with Gasteiger partial charge >= 0.3 is 6.18 Å². The Kier molecular flexibility index (Phi) is 4.25. The number of carbonyl (C=O) groups is 1. The molecule has 0 aliphatic carbocycles. The van der Waals surface area contributed by atoms with Gasteiger partial charge in [0.25, 0.3) is 0 Å². The minimum absolute atomic E-state index is 0.408. The average molecular weight is 275 g/mol. The molecule has 1 atom stereocenters. The fourth-order valence-corrected chi connectivity index (χ4v) is 1.44. The molecule has 0 heterocycles. The SMILES string of the molecule is Cc1ccc(NC(=O)C[C@](C)(O)C(F)(F)F)cc1C. The lowest BCUT2D eigenvalue weighted by Gasteiger charge is -2.25. The molecule has 19 heavy (non-hydrogen) atoms. The van der Waals surface area contributed by atoms with Gasteiger partial charge in [0.2, 0.25) is 5.91 Å². The zero-order valence-corrected chi connectivity index (χ0v) is 10.9. The van der Waals surface area contributed by atoms with Crippen LogP contribution in [-0.4, -0.2) is 22.8 Å². The molecular weight excluding hydrogens is 259 g/mol. The third-order valence-electron chi connectivity index (χ3n) is 2.91. The molecular formula is C13H16F3NO2. The molecule has 1 aromatic rings. The van der Waals surface area contributed by atoms with Gasteiger partial charge in [0.05, 0.1) is 6.42 Å². The Balaban J connectivity index is 2.73. The number of carbonyl (C=O) groups excluding carboxylic acids is 1. The summed E-state index contributed by atoms with van der Waals surface area (Å²) in [4.78, 5) is 11.5. The van der Waals surface area contributed by atoms with Crippen LogP contribution in [0.15, 0.2) is 18.2 Å². The molecule has 1 rings (SSSR count). The monoisotopic (exact) mass is 275 g/mol. The van der Waals surface area contributed by atoms with Gasteiger partial charge in [0.15, 0.2) is 5.60 Å². The fraction of sp³-hybridized carbons (Fsp3) is 0.462. The Morgan fingerprint density at radius 1 is 1.26 bits per heavy atom. The highest BCUT2D eigenvalue weighted by Crippen LogP contribution is 2.32. The third-order valence-corrected chi connectivity index (χ3v) is 2.91. The lowest BCUT2D eigenvalue weighted by atomic mass is 10.0. The molecule has 1 aromatic carbocycles. The first-order chi connectivity index (χ1) is 8.53. The summed E-state index contributed by atoms with van der Waals surface area (Å²) in [5.41, 5.74) is -0.691. The molecule has 0 fully saturated rings. The number of aliphatic hydroxyl groups is 1. The Morgan fingerprint density at radius 3 is 2.32 bits per heavy atom. The minimum Gasteiger partial charge on any atom is -0.380 e. The smallest absolute Gasteiger partial charge is 0.380 e. The number of benzene rings is 1. The van der Waals surface area contributed by atoms with Crippen LogP contribution in [0.3, 0.4) is 0 Å². The number of aryl methyl sites for hydroxylation is 2. The second-order valence-electron chi connectivity index (χ2n) is 4.80. The van der Waals surface area contributed by atoms with E-state index in [9.17, 15) is 23.1 Å². The number of hydrogen-bond acceptors (Lipinski definition) is 2. The first kappa shape index (κ1) is 15.5. The highest BCUT2D eigenvalue weighted by Gasteiger charge is 2.50. The molecule has 0 aromatic heterocycles. The van der Waals surface area contributed by atoms with Crippen molar-refractivity contribution < 1.29 is 23.1 Å². The third kappa shape index (κ3) is 3.96. The van der Waals surface area contributed by atoms with Crippen molar-refractivity contribution in [3.63, 3.8) is 0 Å². The summed E-state index contributed by atoms with van der Waals surface area (Å²) in [6, 6.07) is 5.02. The van der Waals surface area contributed by atoms with Gasteiger partial charge in [0, 0.05) is 5.69 Å². The van der Waals surface area contributed by atoms with E-state index in [-0.39, 0.29) is 0 Å².